The minimum absolute atomic E-state index is 4.95. The van der Waals surface area contributed by atoms with E-state index in [9.17, 15) is 79.0 Å². The Hall–Kier alpha value is -1.78. The van der Waals surface area contributed by atoms with E-state index in [1.807, 2.05) is 0 Å². The monoisotopic (exact) mass is 462 g/mol. The molecule has 0 fully saturated rings. The summed E-state index contributed by atoms with van der Waals surface area (Å²) in [5, 5.41) is 0. The smallest absolute Gasteiger partial charge is 0.189 e. The van der Waals surface area contributed by atoms with Gasteiger partial charge in [-0.1, -0.05) is 0 Å². The largest absolute Gasteiger partial charge is 0.660 e. The van der Waals surface area contributed by atoms with E-state index in [-0.39, 0.29) is 0 Å². The van der Waals surface area contributed by atoms with Crippen molar-refractivity contribution in [2.24, 2.45) is 0 Å². The molecule has 162 valence electrons. The topological polar surface area (TPSA) is 0 Å². The van der Waals surface area contributed by atoms with Gasteiger partial charge in [-0.15, -0.1) is 26.3 Å². The molecule has 0 nitrogen and oxygen atoms in total. The molecule has 0 radical (unpaired) electrons. The van der Waals surface area contributed by atoms with E-state index >= 15 is 0 Å². The Kier molecular flexibility index (Phi) is 6.48. The van der Waals surface area contributed by atoms with Crippen molar-refractivity contribution in [1.82, 2.24) is 0 Å². The first-order valence-electron chi connectivity index (χ1n) is 5.65. The molecule has 28 heavy (non-hydrogen) atoms. The zero-order chi connectivity index (χ0) is 23.3. The lowest BCUT2D eigenvalue weighted by atomic mass is 9.78. The molecule has 1 atom stereocenters. The molecule has 0 amide bonds. The summed E-state index contributed by atoms with van der Waals surface area (Å²) in [5.41, 5.74) is -8.37. The van der Waals surface area contributed by atoms with Crippen LogP contribution >= 0.6 is 0 Å². The molecule has 0 N–H and O–H groups in total. The van der Waals surface area contributed by atoms with Gasteiger partial charge in [0.2, 0.25) is 0 Å². The van der Waals surface area contributed by atoms with Gasteiger partial charge in [-0.05, 0) is 0 Å². The number of alkyl halides is 11. The van der Waals surface area contributed by atoms with Crippen LogP contribution in [0.4, 0.5) is 79.0 Å². The molecular formula is C10F18+4. The van der Waals surface area contributed by atoms with Crippen LogP contribution in [0.5, 0.6) is 0 Å². The van der Waals surface area contributed by atoms with Gasteiger partial charge in [0.05, 0.1) is 26.3 Å². The van der Waals surface area contributed by atoms with Crippen molar-refractivity contribution in [3.63, 3.8) is 0 Å². The predicted octanol–water partition coefficient (Wildman–Crippen LogP) is 6.66. The Bertz CT molecular complexity index is 536. The Morgan fingerprint density at radius 1 is 0.393 bits per heavy atom. The van der Waals surface area contributed by atoms with E-state index in [1.54, 1.807) is 0 Å². The number of halogens is 18. The van der Waals surface area contributed by atoms with Crippen LogP contribution < -0.4 is 0 Å². The molecule has 0 saturated carbocycles. The zero-order valence-corrected chi connectivity index (χ0v) is 11.8. The van der Waals surface area contributed by atoms with Gasteiger partial charge in [0.15, 0.2) is 0 Å². The van der Waals surface area contributed by atoms with E-state index in [0.717, 1.165) is 0 Å². The van der Waals surface area contributed by atoms with Crippen LogP contribution in [-0.4, -0.2) is 35.3 Å². The van der Waals surface area contributed by atoms with Crippen molar-refractivity contribution in [3.8, 4) is 0 Å². The van der Waals surface area contributed by atoms with Crippen LogP contribution in [0.3, 0.4) is 0 Å². The average Bonchev–Trinajstić information content (AvgIpc) is 2.51. The first-order valence-corrected chi connectivity index (χ1v) is 5.65. The van der Waals surface area contributed by atoms with Gasteiger partial charge in [0.25, 0.3) is 0 Å². The Labute approximate surface area is 141 Å². The van der Waals surface area contributed by atoms with Gasteiger partial charge in [0, 0.05) is 4.39 Å². The fourth-order valence-corrected chi connectivity index (χ4v) is 1.43. The van der Waals surface area contributed by atoms with E-state index in [2.05, 4.69) is 0 Å². The first kappa shape index (κ1) is 26.2. The molecule has 0 aliphatic rings. The summed E-state index contributed by atoms with van der Waals surface area (Å²) in [6, 6.07) is 0. The zero-order valence-electron chi connectivity index (χ0n) is 11.8. The Morgan fingerprint density at radius 3 is 0.964 bits per heavy atom. The fourth-order valence-electron chi connectivity index (χ4n) is 1.43. The molecule has 0 aromatic rings. The maximum Gasteiger partial charge on any atom is 0.660 e. The van der Waals surface area contributed by atoms with Gasteiger partial charge in [-0.25, -0.2) is 0 Å². The second kappa shape index (κ2) is 6.93. The van der Waals surface area contributed by atoms with Crippen LogP contribution in [0.25, 0.3) is 0 Å². The third-order valence-corrected chi connectivity index (χ3v) is 2.94. The minimum Gasteiger partial charge on any atom is -0.189 e. The average molecular weight is 462 g/mol. The molecule has 0 aliphatic carbocycles. The molecule has 0 bridgehead atoms. The molecule has 18 heteroatoms. The molecule has 0 spiro atoms. The highest BCUT2D eigenvalue weighted by molar-refractivity contribution is 5.30. The van der Waals surface area contributed by atoms with Crippen LogP contribution in [0.15, 0.2) is 0 Å². The highest BCUT2D eigenvalue weighted by atomic mass is 19.4. The highest BCUT2D eigenvalue weighted by Crippen LogP contribution is 2.66. The van der Waals surface area contributed by atoms with E-state index in [4.69, 9.17) is 0 Å². The van der Waals surface area contributed by atoms with Crippen molar-refractivity contribution in [1.29, 1.82) is 0 Å². The van der Waals surface area contributed by atoms with Gasteiger partial charge in [0.1, 0.15) is 0 Å². The summed E-state index contributed by atoms with van der Waals surface area (Å²) in [4.78, 5) is 0. The third-order valence-electron chi connectivity index (χ3n) is 2.94. The molecule has 0 aliphatic heterocycles. The van der Waals surface area contributed by atoms with Crippen molar-refractivity contribution < 1.29 is 79.0 Å². The number of hydrogen-bond acceptors (Lipinski definition) is 0. The quantitative estimate of drug-likeness (QED) is 0.266. The van der Waals surface area contributed by atoms with Crippen LogP contribution in [0, 0.1) is 25.4 Å². The molecule has 0 heterocycles. The third kappa shape index (κ3) is 3.17. The van der Waals surface area contributed by atoms with E-state index in [0.29, 0.717) is 0 Å². The summed E-state index contributed by atoms with van der Waals surface area (Å²) in [6.45, 7) is 0. The standard InChI is InChI=1S/C10F18/c11-1(5(18,19)2(12)13)6(20,7(21,22)3(14)15)9(25,26)10(27,28)8(23,24)4(16)17/q+4. The van der Waals surface area contributed by atoms with E-state index < -0.39 is 60.7 Å². The normalized spacial score (nSPS) is 16.5. The van der Waals surface area contributed by atoms with Gasteiger partial charge >= 0.3 is 60.7 Å². The molecule has 0 aromatic heterocycles. The fraction of sp³-hybridized carbons (Fsp3) is 0.600. The second-order valence-electron chi connectivity index (χ2n) is 4.63. The lowest BCUT2D eigenvalue weighted by Crippen LogP contribution is -2.73. The molecular weight excluding hydrogens is 462 g/mol. The lowest BCUT2D eigenvalue weighted by molar-refractivity contribution is -0.383. The number of rotatable bonds is 9. The van der Waals surface area contributed by atoms with Gasteiger partial charge in [-0.3, -0.25) is 0 Å². The number of hydrogen-bond donors (Lipinski definition) is 0. The molecule has 1 unspecified atom stereocenters. The Balaban J connectivity index is 7.08. The van der Waals surface area contributed by atoms with Crippen molar-refractivity contribution in [3.05, 3.63) is 25.4 Å². The minimum atomic E-state index is -8.59. The molecule has 0 rings (SSSR count). The predicted molar refractivity (Wildman–Crippen MR) is 49.3 cm³/mol. The summed E-state index contributed by atoms with van der Waals surface area (Å²) in [7, 11) is 0. The molecule has 0 aromatic carbocycles. The summed E-state index contributed by atoms with van der Waals surface area (Å²) in [5.74, 6) is -39.9. The van der Waals surface area contributed by atoms with Crippen molar-refractivity contribution >= 4 is 0 Å². The summed E-state index contributed by atoms with van der Waals surface area (Å²) < 4.78 is 227. The first-order chi connectivity index (χ1) is 12.0. The van der Waals surface area contributed by atoms with Crippen molar-refractivity contribution in [2.45, 2.75) is 35.3 Å². The summed E-state index contributed by atoms with van der Waals surface area (Å²) >= 11 is 0. The van der Waals surface area contributed by atoms with Crippen LogP contribution in [-0.2, 0) is 0 Å². The maximum absolute atomic E-state index is 13.8. The van der Waals surface area contributed by atoms with Crippen molar-refractivity contribution in [2.75, 3.05) is 0 Å². The van der Waals surface area contributed by atoms with Gasteiger partial charge < -0.3 is 0 Å². The van der Waals surface area contributed by atoms with Crippen LogP contribution in [0.1, 0.15) is 0 Å². The second-order valence-corrected chi connectivity index (χ2v) is 4.63. The maximum atomic E-state index is 13.8. The van der Waals surface area contributed by atoms with Gasteiger partial charge in [-0.2, -0.15) is 22.0 Å². The highest BCUT2D eigenvalue weighted by Gasteiger charge is 3.07. The summed E-state index contributed by atoms with van der Waals surface area (Å²) in [6.07, 6.45) is -21.0. The SMILES string of the molecule is F[C+](F)C(F)(F)[C+](F)C(F)(C(F)(F)[C+](F)F)C(F)(F)C(F)(F)C(F)(F)[C+](F)F. The Morgan fingerprint density at radius 2 is 0.714 bits per heavy atom. The van der Waals surface area contributed by atoms with Crippen LogP contribution in [0.2, 0.25) is 0 Å². The van der Waals surface area contributed by atoms with E-state index in [1.165, 1.54) is 0 Å². The molecule has 0 saturated heterocycles. The lowest BCUT2D eigenvalue weighted by Gasteiger charge is -2.32.